The molecule has 2 aliphatic rings. The Hall–Kier alpha value is -1.36. The molecule has 2 rings (SSSR count). The number of carbonyl (C=O) groups excluding carboxylic acids is 2. The summed E-state index contributed by atoms with van der Waals surface area (Å²) in [6.45, 7) is 5.55. The van der Waals surface area contributed by atoms with Crippen molar-refractivity contribution >= 4 is 11.9 Å². The lowest BCUT2D eigenvalue weighted by Crippen LogP contribution is -2.53. The predicted octanol–water partition coefficient (Wildman–Crippen LogP) is 1.32. The summed E-state index contributed by atoms with van der Waals surface area (Å²) in [5.74, 6) is -0.122. The van der Waals surface area contributed by atoms with Gasteiger partial charge in [-0.15, -0.1) is 6.58 Å². The minimum atomic E-state index is -0.318. The number of hydrogen-bond acceptors (Lipinski definition) is 5. The molecule has 5 nitrogen and oxygen atoms in total. The van der Waals surface area contributed by atoms with Gasteiger partial charge in [0, 0.05) is 26.4 Å². The summed E-state index contributed by atoms with van der Waals surface area (Å²) in [7, 11) is 1.60. The molecule has 0 N–H and O–H groups in total. The Balaban J connectivity index is 2.21. The monoisotopic (exact) mass is 268 g/mol. The number of allylic oxidation sites excluding steroid dienone is 1. The van der Waals surface area contributed by atoms with Crippen LogP contribution in [-0.4, -0.2) is 37.9 Å². The highest BCUT2D eigenvalue weighted by molar-refractivity contribution is 5.70. The first-order valence-corrected chi connectivity index (χ1v) is 6.55. The van der Waals surface area contributed by atoms with Crippen LogP contribution in [-0.2, 0) is 23.8 Å². The molecule has 1 aliphatic heterocycles. The maximum atomic E-state index is 11.5. The summed E-state index contributed by atoms with van der Waals surface area (Å²) in [5, 5.41) is 0. The number of carbonyl (C=O) groups is 2. The van der Waals surface area contributed by atoms with Gasteiger partial charge in [0.05, 0.1) is 6.61 Å². The minimum Gasteiger partial charge on any atom is -0.465 e. The van der Waals surface area contributed by atoms with Gasteiger partial charge in [-0.3, -0.25) is 9.59 Å². The van der Waals surface area contributed by atoms with Crippen LogP contribution in [0.4, 0.5) is 0 Å². The molecule has 0 aromatic heterocycles. The van der Waals surface area contributed by atoms with Crippen LogP contribution in [0.1, 0.15) is 19.8 Å². The first-order chi connectivity index (χ1) is 9.06. The van der Waals surface area contributed by atoms with E-state index in [-0.39, 0.29) is 41.9 Å². The summed E-state index contributed by atoms with van der Waals surface area (Å²) in [5.41, 5.74) is 0. The van der Waals surface area contributed by atoms with Gasteiger partial charge in [0.15, 0.2) is 0 Å². The Morgan fingerprint density at radius 3 is 2.79 bits per heavy atom. The van der Waals surface area contributed by atoms with Crippen molar-refractivity contribution in [3.05, 3.63) is 12.7 Å². The van der Waals surface area contributed by atoms with E-state index >= 15 is 0 Å². The maximum Gasteiger partial charge on any atom is 0.306 e. The normalized spacial score (nSPS) is 38.0. The maximum absolute atomic E-state index is 11.5. The fourth-order valence-corrected chi connectivity index (χ4v) is 3.30. The van der Waals surface area contributed by atoms with Crippen LogP contribution in [0.15, 0.2) is 12.7 Å². The lowest BCUT2D eigenvalue weighted by Gasteiger charge is -2.46. The third-order valence-electron chi connectivity index (χ3n) is 4.12. The summed E-state index contributed by atoms with van der Waals surface area (Å²) in [6, 6.07) is 0. The number of fused-ring (bicyclic) bond motifs is 1. The standard InChI is InChI=1S/C14H20O5/c1-4-9-5-12(19-8(2)15)14(17-3)11-7-18-13(16)6-10(9)11/h4,9-12,14H,1,5-7H2,2-3H3/t9-,10-,11-,12+,14+/m0/s1. The molecule has 19 heavy (non-hydrogen) atoms. The zero-order valence-electron chi connectivity index (χ0n) is 11.3. The first kappa shape index (κ1) is 14.1. The number of methoxy groups -OCH3 is 1. The van der Waals surface area contributed by atoms with Crippen LogP contribution < -0.4 is 0 Å². The Kier molecular flexibility index (Phi) is 4.24. The quantitative estimate of drug-likeness (QED) is 0.570. The van der Waals surface area contributed by atoms with Crippen molar-refractivity contribution in [1.29, 1.82) is 0 Å². The van der Waals surface area contributed by atoms with E-state index in [1.54, 1.807) is 7.11 Å². The average Bonchev–Trinajstić information content (AvgIpc) is 2.37. The number of rotatable bonds is 3. The van der Waals surface area contributed by atoms with Crippen LogP contribution in [0, 0.1) is 17.8 Å². The molecule has 1 aliphatic carbocycles. The van der Waals surface area contributed by atoms with Crippen LogP contribution in [0.5, 0.6) is 0 Å². The number of hydrogen-bond donors (Lipinski definition) is 0. The highest BCUT2D eigenvalue weighted by Gasteiger charge is 2.48. The number of ether oxygens (including phenoxy) is 3. The van der Waals surface area contributed by atoms with Gasteiger partial charge in [0.1, 0.15) is 12.2 Å². The zero-order valence-corrected chi connectivity index (χ0v) is 11.3. The number of esters is 2. The van der Waals surface area contributed by atoms with Crippen LogP contribution in [0.25, 0.3) is 0 Å². The molecule has 106 valence electrons. The van der Waals surface area contributed by atoms with Gasteiger partial charge in [-0.05, 0) is 18.3 Å². The van der Waals surface area contributed by atoms with E-state index in [1.807, 2.05) is 6.08 Å². The molecule has 0 bridgehead atoms. The minimum absolute atomic E-state index is 0.0591. The van der Waals surface area contributed by atoms with E-state index in [1.165, 1.54) is 6.92 Å². The van der Waals surface area contributed by atoms with Crippen LogP contribution in [0.2, 0.25) is 0 Å². The van der Waals surface area contributed by atoms with E-state index in [2.05, 4.69) is 6.58 Å². The molecular formula is C14H20O5. The van der Waals surface area contributed by atoms with Crippen molar-refractivity contribution in [3.8, 4) is 0 Å². The number of cyclic esters (lactones) is 1. The van der Waals surface area contributed by atoms with Gasteiger partial charge in [-0.25, -0.2) is 0 Å². The highest BCUT2D eigenvalue weighted by Crippen LogP contribution is 2.42. The summed E-state index contributed by atoms with van der Waals surface area (Å²) < 4.78 is 16.0. The molecule has 0 unspecified atom stereocenters. The van der Waals surface area contributed by atoms with Crippen LogP contribution in [0.3, 0.4) is 0 Å². The van der Waals surface area contributed by atoms with Crippen molar-refractivity contribution in [3.63, 3.8) is 0 Å². The van der Waals surface area contributed by atoms with Crippen molar-refractivity contribution in [2.45, 2.75) is 32.0 Å². The molecule has 0 spiro atoms. The largest absolute Gasteiger partial charge is 0.465 e. The topological polar surface area (TPSA) is 61.8 Å². The van der Waals surface area contributed by atoms with Crippen LogP contribution >= 0.6 is 0 Å². The molecule has 0 amide bonds. The molecule has 0 aromatic rings. The Bertz CT molecular complexity index is 378. The average molecular weight is 268 g/mol. The van der Waals surface area contributed by atoms with Gasteiger partial charge < -0.3 is 14.2 Å². The summed E-state index contributed by atoms with van der Waals surface area (Å²) in [6.07, 6.45) is 2.35. The van der Waals surface area contributed by atoms with E-state index in [0.29, 0.717) is 19.4 Å². The predicted molar refractivity (Wildman–Crippen MR) is 67.2 cm³/mol. The highest BCUT2D eigenvalue weighted by atomic mass is 16.6. The molecule has 0 aromatic carbocycles. The fourth-order valence-electron chi connectivity index (χ4n) is 3.30. The molecule has 5 heteroatoms. The van der Waals surface area contributed by atoms with Gasteiger partial charge in [-0.2, -0.15) is 0 Å². The molecule has 0 radical (unpaired) electrons. The smallest absolute Gasteiger partial charge is 0.306 e. The Morgan fingerprint density at radius 1 is 1.47 bits per heavy atom. The zero-order chi connectivity index (χ0) is 14.0. The second-order valence-electron chi connectivity index (χ2n) is 5.20. The molecule has 2 fully saturated rings. The van der Waals surface area contributed by atoms with Crippen molar-refractivity contribution < 1.29 is 23.8 Å². The van der Waals surface area contributed by atoms with Gasteiger partial charge >= 0.3 is 11.9 Å². The molecule has 1 heterocycles. The van der Waals surface area contributed by atoms with Crippen molar-refractivity contribution in [2.24, 2.45) is 17.8 Å². The van der Waals surface area contributed by atoms with E-state index < -0.39 is 0 Å². The second kappa shape index (κ2) is 5.74. The van der Waals surface area contributed by atoms with E-state index in [4.69, 9.17) is 14.2 Å². The SMILES string of the molecule is C=C[C@H]1C[C@@H](OC(C)=O)[C@H](OC)[C@H]2COC(=O)C[C@H]21. The lowest BCUT2D eigenvalue weighted by molar-refractivity contribution is -0.185. The molecule has 1 saturated carbocycles. The summed E-state index contributed by atoms with van der Waals surface area (Å²) in [4.78, 5) is 22.6. The fraction of sp³-hybridized carbons (Fsp3) is 0.714. The third kappa shape index (κ3) is 2.81. The van der Waals surface area contributed by atoms with Gasteiger partial charge in [0.25, 0.3) is 0 Å². The van der Waals surface area contributed by atoms with E-state index in [0.717, 1.165) is 0 Å². The van der Waals surface area contributed by atoms with Crippen molar-refractivity contribution in [1.82, 2.24) is 0 Å². The molecule has 1 saturated heterocycles. The first-order valence-electron chi connectivity index (χ1n) is 6.55. The Labute approximate surface area is 112 Å². The van der Waals surface area contributed by atoms with E-state index in [9.17, 15) is 9.59 Å². The lowest BCUT2D eigenvalue weighted by atomic mass is 9.67. The summed E-state index contributed by atoms with van der Waals surface area (Å²) >= 11 is 0. The van der Waals surface area contributed by atoms with Gasteiger partial charge in [-0.1, -0.05) is 6.08 Å². The second-order valence-corrected chi connectivity index (χ2v) is 5.20. The molecular weight excluding hydrogens is 248 g/mol. The molecule has 5 atom stereocenters. The van der Waals surface area contributed by atoms with Gasteiger partial charge in [0.2, 0.25) is 0 Å². The van der Waals surface area contributed by atoms with Crippen molar-refractivity contribution in [2.75, 3.05) is 13.7 Å². The Morgan fingerprint density at radius 2 is 2.21 bits per heavy atom. The third-order valence-corrected chi connectivity index (χ3v) is 4.12.